The SMILES string of the molecule is COc1ccc(C)cc1N(CC(=O)N(Cc1ccccc1)[C@@H](C)C(=O)NC1CCCC1)S(C)(=O)=O. The first-order valence-corrected chi connectivity index (χ1v) is 13.7. The van der Waals surface area contributed by atoms with Crippen LogP contribution in [0.5, 0.6) is 5.75 Å². The molecule has 0 bridgehead atoms. The van der Waals surface area contributed by atoms with Gasteiger partial charge in [-0.15, -0.1) is 0 Å². The quantitative estimate of drug-likeness (QED) is 0.539. The summed E-state index contributed by atoms with van der Waals surface area (Å²) in [4.78, 5) is 28.2. The Morgan fingerprint density at radius 3 is 2.37 bits per heavy atom. The zero-order valence-corrected chi connectivity index (χ0v) is 21.7. The minimum Gasteiger partial charge on any atom is -0.495 e. The van der Waals surface area contributed by atoms with Gasteiger partial charge in [-0.2, -0.15) is 0 Å². The number of ether oxygens (including phenoxy) is 1. The molecule has 0 unspecified atom stereocenters. The maximum absolute atomic E-state index is 13.6. The van der Waals surface area contributed by atoms with Crippen LogP contribution in [-0.4, -0.2) is 57.1 Å². The zero-order valence-electron chi connectivity index (χ0n) is 20.9. The van der Waals surface area contributed by atoms with E-state index in [0.29, 0.717) is 5.75 Å². The van der Waals surface area contributed by atoms with Crippen molar-refractivity contribution in [1.82, 2.24) is 10.2 Å². The summed E-state index contributed by atoms with van der Waals surface area (Å²) in [5.74, 6) is -0.368. The van der Waals surface area contributed by atoms with Crippen LogP contribution in [0.25, 0.3) is 0 Å². The summed E-state index contributed by atoms with van der Waals surface area (Å²) >= 11 is 0. The lowest BCUT2D eigenvalue weighted by Crippen LogP contribution is -2.52. The first kappa shape index (κ1) is 26.5. The molecule has 9 heteroatoms. The van der Waals surface area contributed by atoms with Crippen molar-refractivity contribution in [2.75, 3.05) is 24.2 Å². The molecule has 190 valence electrons. The second-order valence-electron chi connectivity index (χ2n) is 9.12. The molecule has 1 saturated carbocycles. The summed E-state index contributed by atoms with van der Waals surface area (Å²) in [6.45, 7) is 3.25. The molecule has 35 heavy (non-hydrogen) atoms. The highest BCUT2D eigenvalue weighted by molar-refractivity contribution is 7.92. The minimum atomic E-state index is -3.83. The second kappa shape index (κ2) is 11.6. The van der Waals surface area contributed by atoms with E-state index < -0.39 is 28.5 Å². The van der Waals surface area contributed by atoms with Crippen LogP contribution in [0, 0.1) is 6.92 Å². The van der Waals surface area contributed by atoms with Crippen LogP contribution in [-0.2, 0) is 26.2 Å². The molecular weight excluding hydrogens is 466 g/mol. The van der Waals surface area contributed by atoms with Crippen molar-refractivity contribution in [3.63, 3.8) is 0 Å². The lowest BCUT2D eigenvalue weighted by atomic mass is 10.1. The average Bonchev–Trinajstić information content (AvgIpc) is 3.33. The second-order valence-corrected chi connectivity index (χ2v) is 11.0. The number of aryl methyl sites for hydroxylation is 1. The van der Waals surface area contributed by atoms with Crippen molar-refractivity contribution >= 4 is 27.5 Å². The Morgan fingerprint density at radius 1 is 1.11 bits per heavy atom. The van der Waals surface area contributed by atoms with Crippen molar-refractivity contribution in [3.8, 4) is 5.75 Å². The van der Waals surface area contributed by atoms with E-state index >= 15 is 0 Å². The van der Waals surface area contributed by atoms with E-state index in [1.54, 1.807) is 19.1 Å². The fraction of sp³-hybridized carbons (Fsp3) is 0.462. The number of benzene rings is 2. The van der Waals surface area contributed by atoms with Crippen LogP contribution in [0.4, 0.5) is 5.69 Å². The molecular formula is C26H35N3O5S. The molecule has 3 rings (SSSR count). The Hall–Kier alpha value is -3.07. The van der Waals surface area contributed by atoms with E-state index in [0.717, 1.165) is 47.4 Å². The van der Waals surface area contributed by atoms with Crippen LogP contribution in [0.1, 0.15) is 43.7 Å². The van der Waals surface area contributed by atoms with Crippen molar-refractivity contribution in [3.05, 3.63) is 59.7 Å². The van der Waals surface area contributed by atoms with Gasteiger partial charge in [0.05, 0.1) is 19.1 Å². The Bertz CT molecular complexity index is 1130. The molecule has 1 atom stereocenters. The first-order chi connectivity index (χ1) is 16.6. The average molecular weight is 502 g/mol. The number of carbonyl (C=O) groups excluding carboxylic acids is 2. The smallest absolute Gasteiger partial charge is 0.244 e. The number of hydrogen-bond donors (Lipinski definition) is 1. The van der Waals surface area contributed by atoms with Gasteiger partial charge in [-0.05, 0) is 49.9 Å². The van der Waals surface area contributed by atoms with E-state index in [1.165, 1.54) is 12.0 Å². The maximum atomic E-state index is 13.6. The minimum absolute atomic E-state index is 0.114. The molecule has 2 aromatic carbocycles. The molecule has 1 aliphatic carbocycles. The van der Waals surface area contributed by atoms with Crippen LogP contribution in [0.15, 0.2) is 48.5 Å². The third-order valence-electron chi connectivity index (χ3n) is 6.35. The van der Waals surface area contributed by atoms with Crippen LogP contribution < -0.4 is 14.4 Å². The number of rotatable bonds is 10. The Morgan fingerprint density at radius 2 is 1.77 bits per heavy atom. The molecule has 0 spiro atoms. The van der Waals surface area contributed by atoms with Gasteiger partial charge in [0.25, 0.3) is 0 Å². The monoisotopic (exact) mass is 501 g/mol. The number of anilines is 1. The maximum Gasteiger partial charge on any atom is 0.244 e. The fourth-order valence-electron chi connectivity index (χ4n) is 4.34. The molecule has 8 nitrogen and oxygen atoms in total. The number of nitrogens with zero attached hydrogens (tertiary/aromatic N) is 2. The number of amides is 2. The van der Waals surface area contributed by atoms with Crippen molar-refractivity contribution in [2.45, 2.75) is 58.2 Å². The molecule has 0 aliphatic heterocycles. The predicted molar refractivity (Wildman–Crippen MR) is 137 cm³/mol. The van der Waals surface area contributed by atoms with Crippen molar-refractivity contribution in [1.29, 1.82) is 0 Å². The van der Waals surface area contributed by atoms with Gasteiger partial charge in [0.1, 0.15) is 18.3 Å². The largest absolute Gasteiger partial charge is 0.495 e. The van der Waals surface area contributed by atoms with Crippen molar-refractivity contribution < 1.29 is 22.7 Å². The van der Waals surface area contributed by atoms with Crippen LogP contribution in [0.3, 0.4) is 0 Å². The summed E-state index contributed by atoms with van der Waals surface area (Å²) in [7, 11) is -2.38. The summed E-state index contributed by atoms with van der Waals surface area (Å²) < 4.78 is 32.0. The molecule has 1 aliphatic rings. The molecule has 0 saturated heterocycles. The van der Waals surface area contributed by atoms with E-state index in [-0.39, 0.29) is 24.2 Å². The van der Waals surface area contributed by atoms with Gasteiger partial charge in [-0.3, -0.25) is 13.9 Å². The molecule has 1 fully saturated rings. The Labute approximate surface area is 208 Å². The lowest BCUT2D eigenvalue weighted by Gasteiger charge is -2.32. The van der Waals surface area contributed by atoms with Gasteiger partial charge in [-0.1, -0.05) is 49.2 Å². The highest BCUT2D eigenvalue weighted by Gasteiger charge is 2.32. The number of nitrogens with one attached hydrogen (secondary N) is 1. The highest BCUT2D eigenvalue weighted by atomic mass is 32.2. The van der Waals surface area contributed by atoms with Crippen LogP contribution >= 0.6 is 0 Å². The van der Waals surface area contributed by atoms with Crippen molar-refractivity contribution in [2.24, 2.45) is 0 Å². The molecule has 0 heterocycles. The van der Waals surface area contributed by atoms with Gasteiger partial charge in [0, 0.05) is 12.6 Å². The predicted octanol–water partition coefficient (Wildman–Crippen LogP) is 3.25. The summed E-state index contributed by atoms with van der Waals surface area (Å²) in [6, 6.07) is 13.8. The fourth-order valence-corrected chi connectivity index (χ4v) is 5.19. The van der Waals surface area contributed by atoms with Gasteiger partial charge >= 0.3 is 0 Å². The molecule has 1 N–H and O–H groups in total. The van der Waals surface area contributed by atoms with Gasteiger partial charge in [0.15, 0.2) is 0 Å². The normalized spacial score (nSPS) is 14.9. The summed E-state index contributed by atoms with van der Waals surface area (Å²) in [5, 5.41) is 3.06. The topological polar surface area (TPSA) is 96.0 Å². The number of sulfonamides is 1. The molecule has 0 radical (unpaired) electrons. The molecule has 0 aromatic heterocycles. The number of carbonyl (C=O) groups is 2. The first-order valence-electron chi connectivity index (χ1n) is 11.9. The Balaban J connectivity index is 1.91. The van der Waals surface area contributed by atoms with Gasteiger partial charge < -0.3 is 15.0 Å². The summed E-state index contributed by atoms with van der Waals surface area (Å²) in [5.41, 5.74) is 1.96. The zero-order chi connectivity index (χ0) is 25.6. The number of methoxy groups -OCH3 is 1. The summed E-state index contributed by atoms with van der Waals surface area (Å²) in [6.07, 6.45) is 5.07. The highest BCUT2D eigenvalue weighted by Crippen LogP contribution is 2.31. The van der Waals surface area contributed by atoms with E-state index in [1.807, 2.05) is 43.3 Å². The van der Waals surface area contributed by atoms with E-state index in [4.69, 9.17) is 4.74 Å². The third kappa shape index (κ3) is 6.97. The van der Waals surface area contributed by atoms with Gasteiger partial charge in [0.2, 0.25) is 21.8 Å². The van der Waals surface area contributed by atoms with E-state index in [9.17, 15) is 18.0 Å². The molecule has 2 aromatic rings. The van der Waals surface area contributed by atoms with Crippen LogP contribution in [0.2, 0.25) is 0 Å². The van der Waals surface area contributed by atoms with Gasteiger partial charge in [-0.25, -0.2) is 8.42 Å². The number of hydrogen-bond acceptors (Lipinski definition) is 5. The Kier molecular flexibility index (Phi) is 8.77. The molecule has 2 amide bonds. The lowest BCUT2D eigenvalue weighted by molar-refractivity contribution is -0.139. The van der Waals surface area contributed by atoms with E-state index in [2.05, 4.69) is 5.32 Å². The standard InChI is InChI=1S/C26H35N3O5S/c1-19-14-15-24(34-3)23(16-19)29(35(4,32)33)18-25(30)28(17-21-10-6-5-7-11-21)20(2)26(31)27-22-12-8-9-13-22/h5-7,10-11,14-16,20,22H,8-9,12-13,17-18H2,1-4H3,(H,27,31)/t20-/m0/s1. The third-order valence-corrected chi connectivity index (χ3v) is 7.47.